The predicted octanol–water partition coefficient (Wildman–Crippen LogP) is 1.88. The second kappa shape index (κ2) is 6.58. The van der Waals surface area contributed by atoms with Crippen LogP contribution in [0, 0.1) is 0 Å². The molecule has 0 saturated carbocycles. The first-order valence-corrected chi connectivity index (χ1v) is 7.76. The number of carbonyl (C=O) groups is 2. The highest BCUT2D eigenvalue weighted by Gasteiger charge is 2.44. The molecule has 1 aliphatic heterocycles. The summed E-state index contributed by atoms with van der Waals surface area (Å²) in [6.07, 6.45) is -0.946. The number of nitrogens with zero attached hydrogens (tertiary/aromatic N) is 1. The highest BCUT2D eigenvalue weighted by atomic mass is 16.5. The zero-order valence-corrected chi connectivity index (χ0v) is 14.0. The molecule has 0 radical (unpaired) electrons. The van der Waals surface area contributed by atoms with Gasteiger partial charge in [0.25, 0.3) is 5.91 Å². The second-order valence-corrected chi connectivity index (χ2v) is 6.63. The molecule has 23 heavy (non-hydrogen) atoms. The van der Waals surface area contributed by atoms with Gasteiger partial charge in [-0.1, -0.05) is 32.0 Å². The Morgan fingerprint density at radius 1 is 1.26 bits per heavy atom. The fourth-order valence-corrected chi connectivity index (χ4v) is 2.52. The normalized spacial score (nSPS) is 18.3. The van der Waals surface area contributed by atoms with E-state index in [4.69, 9.17) is 4.74 Å². The first-order chi connectivity index (χ1) is 10.7. The highest BCUT2D eigenvalue weighted by molar-refractivity contribution is 6.06. The maximum Gasteiger partial charge on any atom is 0.325 e. The minimum Gasteiger partial charge on any atom is -0.491 e. The molecule has 6 heteroatoms. The van der Waals surface area contributed by atoms with E-state index in [-0.39, 0.29) is 19.1 Å². The largest absolute Gasteiger partial charge is 0.491 e. The van der Waals surface area contributed by atoms with Crippen LogP contribution in [-0.4, -0.2) is 46.7 Å². The number of rotatable bonds is 6. The van der Waals surface area contributed by atoms with Gasteiger partial charge in [0, 0.05) is 0 Å². The fraction of sp³-hybridized carbons (Fsp3) is 0.529. The van der Waals surface area contributed by atoms with E-state index in [0.717, 1.165) is 10.5 Å². The Morgan fingerprint density at radius 2 is 1.91 bits per heavy atom. The minimum absolute atomic E-state index is 0.0151. The maximum atomic E-state index is 12.1. The standard InChI is InChI=1S/C17H24N2O4/c1-11(2)13-7-5-6-8-14(13)23-10-12(20)9-19-15(21)17(3,4)18-16(19)22/h5-8,11-12,20H,9-10H2,1-4H3,(H,18,22). The zero-order chi connectivity index (χ0) is 17.2. The van der Waals surface area contributed by atoms with Gasteiger partial charge in [-0.25, -0.2) is 4.79 Å². The smallest absolute Gasteiger partial charge is 0.325 e. The Kier molecular flexibility index (Phi) is 4.94. The number of benzene rings is 1. The van der Waals surface area contributed by atoms with Crippen molar-refractivity contribution in [2.45, 2.75) is 45.3 Å². The van der Waals surface area contributed by atoms with Crippen molar-refractivity contribution in [3.63, 3.8) is 0 Å². The Hall–Kier alpha value is -2.08. The molecule has 3 amide bonds. The third-order valence-electron chi connectivity index (χ3n) is 3.81. The lowest BCUT2D eigenvalue weighted by Crippen LogP contribution is -2.42. The number of nitrogens with one attached hydrogen (secondary N) is 1. The van der Waals surface area contributed by atoms with Gasteiger partial charge in [0.15, 0.2) is 0 Å². The SMILES string of the molecule is CC(C)c1ccccc1OCC(O)CN1C(=O)NC(C)(C)C1=O. The summed E-state index contributed by atoms with van der Waals surface area (Å²) < 4.78 is 5.67. The summed E-state index contributed by atoms with van der Waals surface area (Å²) in [6, 6.07) is 7.15. The molecule has 0 bridgehead atoms. The Balaban J connectivity index is 1.95. The molecule has 1 unspecified atom stereocenters. The molecule has 0 aromatic heterocycles. The lowest BCUT2D eigenvalue weighted by Gasteiger charge is -2.20. The summed E-state index contributed by atoms with van der Waals surface area (Å²) in [5.74, 6) is 0.665. The van der Waals surface area contributed by atoms with Gasteiger partial charge in [0.1, 0.15) is 24.0 Å². The zero-order valence-electron chi connectivity index (χ0n) is 14.0. The van der Waals surface area contributed by atoms with E-state index in [1.54, 1.807) is 13.8 Å². The molecule has 1 atom stereocenters. The van der Waals surface area contributed by atoms with E-state index in [9.17, 15) is 14.7 Å². The third kappa shape index (κ3) is 3.82. The third-order valence-corrected chi connectivity index (χ3v) is 3.81. The Labute approximate surface area is 136 Å². The predicted molar refractivity (Wildman–Crippen MR) is 86.4 cm³/mol. The van der Waals surface area contributed by atoms with Crippen LogP contribution in [0.4, 0.5) is 4.79 Å². The second-order valence-electron chi connectivity index (χ2n) is 6.63. The van der Waals surface area contributed by atoms with Crippen LogP contribution >= 0.6 is 0 Å². The molecule has 0 spiro atoms. The van der Waals surface area contributed by atoms with Crippen molar-refractivity contribution in [1.82, 2.24) is 10.2 Å². The van der Waals surface area contributed by atoms with Gasteiger partial charge in [0.2, 0.25) is 0 Å². The van der Waals surface area contributed by atoms with Crippen LogP contribution in [0.3, 0.4) is 0 Å². The molecule has 1 heterocycles. The summed E-state index contributed by atoms with van der Waals surface area (Å²) in [7, 11) is 0. The van der Waals surface area contributed by atoms with E-state index in [1.165, 1.54) is 0 Å². The number of aliphatic hydroxyl groups is 1. The van der Waals surface area contributed by atoms with E-state index in [2.05, 4.69) is 19.2 Å². The molecule has 2 N–H and O–H groups in total. The first kappa shape index (κ1) is 17.3. The summed E-state index contributed by atoms with van der Waals surface area (Å²) in [4.78, 5) is 24.9. The van der Waals surface area contributed by atoms with Crippen molar-refractivity contribution in [3.8, 4) is 5.75 Å². The molecule has 1 aliphatic rings. The van der Waals surface area contributed by atoms with Crippen LogP contribution < -0.4 is 10.1 Å². The molecule has 126 valence electrons. The number of aliphatic hydroxyl groups excluding tert-OH is 1. The van der Waals surface area contributed by atoms with Gasteiger partial charge >= 0.3 is 6.03 Å². The van der Waals surface area contributed by atoms with Gasteiger partial charge in [-0.05, 0) is 31.4 Å². The number of β-amino-alcohol motifs (C(OH)–C–C–N with tert-alkyl or cyclic N) is 1. The molecule has 1 saturated heterocycles. The number of hydrogen-bond donors (Lipinski definition) is 2. The lowest BCUT2D eigenvalue weighted by atomic mass is 10.0. The molecule has 1 aromatic rings. The molecular formula is C17H24N2O4. The molecular weight excluding hydrogens is 296 g/mol. The summed E-state index contributed by atoms with van der Waals surface area (Å²) in [6.45, 7) is 7.32. The van der Waals surface area contributed by atoms with Gasteiger partial charge < -0.3 is 15.2 Å². The van der Waals surface area contributed by atoms with Crippen molar-refractivity contribution in [2.75, 3.05) is 13.2 Å². The van der Waals surface area contributed by atoms with Crippen LogP contribution in [0.25, 0.3) is 0 Å². The number of imide groups is 1. The quantitative estimate of drug-likeness (QED) is 0.785. The average molecular weight is 320 g/mol. The van der Waals surface area contributed by atoms with Gasteiger partial charge in [-0.3, -0.25) is 9.69 Å². The minimum atomic E-state index is -0.946. The highest BCUT2D eigenvalue weighted by Crippen LogP contribution is 2.26. The molecule has 1 aromatic carbocycles. The molecule has 1 fully saturated rings. The van der Waals surface area contributed by atoms with Crippen LogP contribution in [-0.2, 0) is 4.79 Å². The number of amides is 3. The van der Waals surface area contributed by atoms with E-state index in [0.29, 0.717) is 11.7 Å². The molecule has 0 aliphatic carbocycles. The van der Waals surface area contributed by atoms with E-state index in [1.807, 2.05) is 24.3 Å². The molecule has 2 rings (SSSR count). The van der Waals surface area contributed by atoms with Crippen LogP contribution in [0.2, 0.25) is 0 Å². The van der Waals surface area contributed by atoms with E-state index < -0.39 is 17.7 Å². The number of urea groups is 1. The van der Waals surface area contributed by atoms with Crippen molar-refractivity contribution in [3.05, 3.63) is 29.8 Å². The number of hydrogen-bond acceptors (Lipinski definition) is 4. The van der Waals surface area contributed by atoms with Crippen molar-refractivity contribution in [1.29, 1.82) is 0 Å². The van der Waals surface area contributed by atoms with Crippen molar-refractivity contribution < 1.29 is 19.4 Å². The van der Waals surface area contributed by atoms with Crippen LogP contribution in [0.15, 0.2) is 24.3 Å². The van der Waals surface area contributed by atoms with Crippen LogP contribution in [0.5, 0.6) is 5.75 Å². The number of carbonyl (C=O) groups excluding carboxylic acids is 2. The first-order valence-electron chi connectivity index (χ1n) is 7.76. The summed E-state index contributed by atoms with van der Waals surface area (Å²) >= 11 is 0. The Bertz CT molecular complexity index is 598. The van der Waals surface area contributed by atoms with Gasteiger partial charge in [-0.15, -0.1) is 0 Å². The van der Waals surface area contributed by atoms with Gasteiger partial charge in [-0.2, -0.15) is 0 Å². The average Bonchev–Trinajstić information content (AvgIpc) is 2.67. The van der Waals surface area contributed by atoms with Crippen molar-refractivity contribution in [2.24, 2.45) is 0 Å². The fourth-order valence-electron chi connectivity index (χ4n) is 2.52. The summed E-state index contributed by atoms with van der Waals surface area (Å²) in [5.41, 5.74) is 0.123. The van der Waals surface area contributed by atoms with Crippen LogP contribution in [0.1, 0.15) is 39.2 Å². The molecule has 6 nitrogen and oxygen atoms in total. The van der Waals surface area contributed by atoms with Gasteiger partial charge in [0.05, 0.1) is 6.54 Å². The number of ether oxygens (including phenoxy) is 1. The maximum absolute atomic E-state index is 12.1. The number of para-hydroxylation sites is 1. The summed E-state index contributed by atoms with van der Waals surface area (Å²) in [5, 5.41) is 12.7. The topological polar surface area (TPSA) is 78.9 Å². The Morgan fingerprint density at radius 3 is 2.48 bits per heavy atom. The van der Waals surface area contributed by atoms with E-state index >= 15 is 0 Å². The lowest BCUT2D eigenvalue weighted by molar-refractivity contribution is -0.131. The van der Waals surface area contributed by atoms with Crippen molar-refractivity contribution >= 4 is 11.9 Å². The monoisotopic (exact) mass is 320 g/mol.